The highest BCUT2D eigenvalue weighted by molar-refractivity contribution is 4.75. The van der Waals surface area contributed by atoms with Crippen molar-refractivity contribution in [3.05, 3.63) is 0 Å². The van der Waals surface area contributed by atoms with Gasteiger partial charge in [-0.1, -0.05) is 72.6 Å². The fourth-order valence-electron chi connectivity index (χ4n) is 4.15. The summed E-state index contributed by atoms with van der Waals surface area (Å²) in [5, 5.41) is 0. The average Bonchev–Trinajstić information content (AvgIpc) is 2.45. The van der Waals surface area contributed by atoms with Gasteiger partial charge in [-0.25, -0.2) is 0 Å². The Morgan fingerprint density at radius 1 is 0.905 bits per heavy atom. The molecule has 4 unspecified atom stereocenters. The summed E-state index contributed by atoms with van der Waals surface area (Å²) >= 11 is 0. The maximum absolute atomic E-state index is 6.00. The highest BCUT2D eigenvalue weighted by atomic mass is 14.5. The zero-order valence-corrected chi connectivity index (χ0v) is 15.3. The van der Waals surface area contributed by atoms with Gasteiger partial charge in [0.2, 0.25) is 0 Å². The molecule has 0 aromatic heterocycles. The van der Waals surface area contributed by atoms with E-state index in [2.05, 4.69) is 27.7 Å². The van der Waals surface area contributed by atoms with Crippen molar-refractivity contribution < 1.29 is 0 Å². The predicted octanol–water partition coefficient (Wildman–Crippen LogP) is 6.16. The van der Waals surface area contributed by atoms with Crippen LogP contribution in [0.1, 0.15) is 98.3 Å². The Hall–Kier alpha value is -0.0400. The molecule has 4 atom stereocenters. The molecule has 0 spiro atoms. The molecule has 0 aromatic carbocycles. The van der Waals surface area contributed by atoms with Crippen LogP contribution >= 0.6 is 0 Å². The summed E-state index contributed by atoms with van der Waals surface area (Å²) in [6.45, 7) is 10.7. The number of hydrogen-bond donors (Lipinski definition) is 1. The molecule has 0 radical (unpaired) electrons. The molecule has 1 nitrogen and oxygen atoms in total. The summed E-state index contributed by atoms with van der Waals surface area (Å²) < 4.78 is 0. The topological polar surface area (TPSA) is 26.0 Å². The average molecular weight is 296 g/mol. The Morgan fingerprint density at radius 2 is 1.48 bits per heavy atom. The predicted molar refractivity (Wildman–Crippen MR) is 95.4 cm³/mol. The maximum atomic E-state index is 6.00. The van der Waals surface area contributed by atoms with E-state index in [1.54, 1.807) is 0 Å². The quantitative estimate of drug-likeness (QED) is 0.648. The minimum absolute atomic E-state index is 0.594. The molecule has 1 heteroatoms. The van der Waals surface area contributed by atoms with Gasteiger partial charge in [0, 0.05) is 0 Å². The molecule has 1 saturated carbocycles. The zero-order chi connectivity index (χ0) is 15.7. The van der Waals surface area contributed by atoms with Crippen molar-refractivity contribution in [3.8, 4) is 0 Å². The van der Waals surface area contributed by atoms with E-state index in [-0.39, 0.29) is 0 Å². The lowest BCUT2D eigenvalue weighted by Crippen LogP contribution is -2.19. The lowest BCUT2D eigenvalue weighted by atomic mass is 9.76. The molecule has 0 aromatic rings. The van der Waals surface area contributed by atoms with E-state index in [0.29, 0.717) is 5.41 Å². The van der Waals surface area contributed by atoms with E-state index in [9.17, 15) is 0 Å². The highest BCUT2D eigenvalue weighted by Crippen LogP contribution is 2.36. The standard InChI is InChI=1S/C20H41N/c1-5-20(4)13-7-10-17(2)9-6-12-19(16-21)15-18(3)11-8-14-20/h17-19H,5-16,21H2,1-4H3. The molecule has 1 fully saturated rings. The molecule has 2 N–H and O–H groups in total. The molecule has 1 aliphatic rings. The molecule has 0 amide bonds. The lowest BCUT2D eigenvalue weighted by Gasteiger charge is -2.30. The molecule has 0 aliphatic heterocycles. The van der Waals surface area contributed by atoms with Crippen molar-refractivity contribution in [2.45, 2.75) is 98.3 Å². The first-order valence-electron chi connectivity index (χ1n) is 9.69. The number of hydrogen-bond acceptors (Lipinski definition) is 1. The maximum Gasteiger partial charge on any atom is -0.00488 e. The van der Waals surface area contributed by atoms with Crippen molar-refractivity contribution >= 4 is 0 Å². The molecule has 1 rings (SSSR count). The van der Waals surface area contributed by atoms with Crippen LogP contribution in [0.4, 0.5) is 0 Å². The third-order valence-electron chi connectivity index (χ3n) is 6.19. The van der Waals surface area contributed by atoms with Crippen LogP contribution < -0.4 is 5.73 Å². The first kappa shape index (κ1) is 19.0. The molecule has 1 aliphatic carbocycles. The van der Waals surface area contributed by atoms with Gasteiger partial charge in [0.1, 0.15) is 0 Å². The van der Waals surface area contributed by atoms with Crippen LogP contribution in [-0.2, 0) is 0 Å². The summed E-state index contributed by atoms with van der Waals surface area (Å²) in [6, 6.07) is 0. The van der Waals surface area contributed by atoms with Gasteiger partial charge in [-0.3, -0.25) is 0 Å². The largest absolute Gasteiger partial charge is 0.330 e. The second-order valence-corrected chi connectivity index (χ2v) is 8.43. The lowest BCUT2D eigenvalue weighted by molar-refractivity contribution is 0.222. The van der Waals surface area contributed by atoms with Crippen LogP contribution in [0.3, 0.4) is 0 Å². The summed E-state index contributed by atoms with van der Waals surface area (Å²) in [5.41, 5.74) is 6.60. The van der Waals surface area contributed by atoms with E-state index in [1.807, 2.05) is 0 Å². The van der Waals surface area contributed by atoms with E-state index in [0.717, 1.165) is 24.3 Å². The van der Waals surface area contributed by atoms with Crippen molar-refractivity contribution in [3.63, 3.8) is 0 Å². The first-order chi connectivity index (χ1) is 9.99. The van der Waals surface area contributed by atoms with Crippen molar-refractivity contribution in [2.75, 3.05) is 6.54 Å². The van der Waals surface area contributed by atoms with Crippen LogP contribution in [0.15, 0.2) is 0 Å². The van der Waals surface area contributed by atoms with Crippen molar-refractivity contribution in [1.29, 1.82) is 0 Å². The summed E-state index contributed by atoms with van der Waals surface area (Å²) in [4.78, 5) is 0. The molecule has 0 heterocycles. The Bertz CT molecular complexity index is 263. The molecular weight excluding hydrogens is 254 g/mol. The molecule has 0 bridgehead atoms. The van der Waals surface area contributed by atoms with Crippen LogP contribution in [0.5, 0.6) is 0 Å². The van der Waals surface area contributed by atoms with Crippen LogP contribution in [0, 0.1) is 23.2 Å². The van der Waals surface area contributed by atoms with E-state index >= 15 is 0 Å². The normalized spacial score (nSPS) is 37.9. The van der Waals surface area contributed by atoms with Gasteiger partial charge >= 0.3 is 0 Å². The van der Waals surface area contributed by atoms with Crippen molar-refractivity contribution in [1.82, 2.24) is 0 Å². The van der Waals surface area contributed by atoms with Gasteiger partial charge in [0.15, 0.2) is 0 Å². The minimum Gasteiger partial charge on any atom is -0.330 e. The van der Waals surface area contributed by atoms with E-state index in [1.165, 1.54) is 70.6 Å². The van der Waals surface area contributed by atoms with Gasteiger partial charge in [-0.05, 0) is 55.4 Å². The third-order valence-corrected chi connectivity index (χ3v) is 6.19. The van der Waals surface area contributed by atoms with Crippen molar-refractivity contribution in [2.24, 2.45) is 28.9 Å². The fourth-order valence-corrected chi connectivity index (χ4v) is 4.15. The second kappa shape index (κ2) is 9.87. The Morgan fingerprint density at radius 3 is 2.05 bits per heavy atom. The van der Waals surface area contributed by atoms with Crippen LogP contribution in [0.25, 0.3) is 0 Å². The molecule has 21 heavy (non-hydrogen) atoms. The smallest absolute Gasteiger partial charge is 0.00488 e. The Labute approximate surface area is 134 Å². The summed E-state index contributed by atoms with van der Waals surface area (Å²) in [5.74, 6) is 2.54. The van der Waals surface area contributed by atoms with Gasteiger partial charge < -0.3 is 5.73 Å². The Balaban J connectivity index is 2.57. The summed E-state index contributed by atoms with van der Waals surface area (Å²) in [7, 11) is 0. The van der Waals surface area contributed by atoms with Gasteiger partial charge in [0.25, 0.3) is 0 Å². The molecule has 126 valence electrons. The highest BCUT2D eigenvalue weighted by Gasteiger charge is 2.22. The fraction of sp³-hybridized carbons (Fsp3) is 1.00. The second-order valence-electron chi connectivity index (χ2n) is 8.43. The number of rotatable bonds is 2. The van der Waals surface area contributed by atoms with Gasteiger partial charge in [-0.2, -0.15) is 0 Å². The monoisotopic (exact) mass is 295 g/mol. The number of nitrogens with two attached hydrogens (primary N) is 1. The summed E-state index contributed by atoms with van der Waals surface area (Å²) in [6.07, 6.45) is 15.4. The van der Waals surface area contributed by atoms with E-state index < -0.39 is 0 Å². The van der Waals surface area contributed by atoms with Gasteiger partial charge in [0.05, 0.1) is 0 Å². The minimum atomic E-state index is 0.594. The molecular formula is C20H41N. The van der Waals surface area contributed by atoms with E-state index in [4.69, 9.17) is 5.73 Å². The third kappa shape index (κ3) is 7.68. The SMILES string of the molecule is CCC1(C)CCCC(C)CCCC(CN)CC(C)CCC1. The first-order valence-corrected chi connectivity index (χ1v) is 9.69. The van der Waals surface area contributed by atoms with Gasteiger partial charge in [-0.15, -0.1) is 0 Å². The van der Waals surface area contributed by atoms with Crippen LogP contribution in [0.2, 0.25) is 0 Å². The molecule has 0 saturated heterocycles. The Kier molecular flexibility index (Phi) is 8.94. The van der Waals surface area contributed by atoms with Crippen LogP contribution in [-0.4, -0.2) is 6.54 Å². The zero-order valence-electron chi connectivity index (χ0n) is 15.3.